The number of amides is 2. The highest BCUT2D eigenvalue weighted by atomic mass is 19.4. The molecule has 18 heavy (non-hydrogen) atoms. The zero-order valence-electron chi connectivity index (χ0n) is 9.21. The number of rotatable bonds is 5. The number of hydrogen-bond donors (Lipinski definition) is 2. The van der Waals surface area contributed by atoms with Crippen molar-refractivity contribution in [1.29, 1.82) is 0 Å². The Hall–Kier alpha value is -1.99. The predicted octanol–water partition coefficient (Wildman–Crippen LogP) is 1.08. The molecule has 0 aromatic carbocycles. The van der Waals surface area contributed by atoms with Gasteiger partial charge in [-0.15, -0.1) is 0 Å². The zero-order valence-corrected chi connectivity index (χ0v) is 9.21. The highest BCUT2D eigenvalue weighted by Gasteiger charge is 2.38. The molecule has 1 heterocycles. The maximum atomic E-state index is 11.8. The molecule has 100 valence electrons. The summed E-state index contributed by atoms with van der Waals surface area (Å²) < 4.78 is 40.1. The molecule has 2 amide bonds. The number of alkyl halides is 3. The molecule has 1 rings (SSSR count). The van der Waals surface area contributed by atoms with Crippen LogP contribution in [0.15, 0.2) is 22.8 Å². The molecule has 2 N–H and O–H groups in total. The summed E-state index contributed by atoms with van der Waals surface area (Å²) in [6.45, 7) is -0.0333. The van der Waals surface area contributed by atoms with Crippen LogP contribution < -0.4 is 10.6 Å². The van der Waals surface area contributed by atoms with Gasteiger partial charge in [0.2, 0.25) is 0 Å². The van der Waals surface area contributed by atoms with Gasteiger partial charge in [0, 0.05) is 13.1 Å². The van der Waals surface area contributed by atoms with Crippen molar-refractivity contribution in [2.75, 3.05) is 13.1 Å². The fourth-order valence-corrected chi connectivity index (χ4v) is 1.09. The lowest BCUT2D eigenvalue weighted by molar-refractivity contribution is -0.173. The Morgan fingerprint density at radius 1 is 1.22 bits per heavy atom. The van der Waals surface area contributed by atoms with Gasteiger partial charge in [-0.05, 0) is 18.6 Å². The van der Waals surface area contributed by atoms with Crippen LogP contribution in [0.2, 0.25) is 0 Å². The maximum Gasteiger partial charge on any atom is 0.471 e. The van der Waals surface area contributed by atoms with Crippen LogP contribution in [0.3, 0.4) is 0 Å². The van der Waals surface area contributed by atoms with Crippen LogP contribution in [0.4, 0.5) is 13.2 Å². The molecular weight excluding hydrogens is 253 g/mol. The lowest BCUT2D eigenvalue weighted by Gasteiger charge is -2.07. The van der Waals surface area contributed by atoms with Crippen LogP contribution in [-0.2, 0) is 4.79 Å². The minimum absolute atomic E-state index is 0.120. The quantitative estimate of drug-likeness (QED) is 0.782. The Bertz CT molecular complexity index is 401. The summed E-state index contributed by atoms with van der Waals surface area (Å²) in [5, 5.41) is 4.12. The number of nitrogens with one attached hydrogen (secondary N) is 2. The first-order valence-corrected chi connectivity index (χ1v) is 5.08. The Labute approximate surface area is 100 Å². The molecule has 0 bridgehead atoms. The second kappa shape index (κ2) is 6.08. The average molecular weight is 264 g/mol. The fraction of sp³-hybridized carbons (Fsp3) is 0.400. The minimum Gasteiger partial charge on any atom is -0.459 e. The molecule has 0 aliphatic carbocycles. The van der Waals surface area contributed by atoms with Crippen LogP contribution in [0.5, 0.6) is 0 Å². The number of hydrogen-bond acceptors (Lipinski definition) is 3. The number of carbonyl (C=O) groups is 2. The van der Waals surface area contributed by atoms with Crippen molar-refractivity contribution < 1.29 is 27.2 Å². The van der Waals surface area contributed by atoms with E-state index in [4.69, 9.17) is 4.42 Å². The predicted molar refractivity (Wildman–Crippen MR) is 54.7 cm³/mol. The molecular formula is C10H11F3N2O3. The molecule has 5 nitrogen and oxygen atoms in total. The van der Waals surface area contributed by atoms with E-state index in [1.807, 2.05) is 0 Å². The molecule has 0 aliphatic heterocycles. The summed E-state index contributed by atoms with van der Waals surface area (Å²) in [7, 11) is 0. The summed E-state index contributed by atoms with van der Waals surface area (Å²) in [4.78, 5) is 21.7. The lowest BCUT2D eigenvalue weighted by Crippen LogP contribution is -2.38. The van der Waals surface area contributed by atoms with Crippen molar-refractivity contribution in [1.82, 2.24) is 10.6 Å². The van der Waals surface area contributed by atoms with Crippen LogP contribution in [-0.4, -0.2) is 31.1 Å². The van der Waals surface area contributed by atoms with Crippen molar-refractivity contribution in [3.8, 4) is 0 Å². The third kappa shape index (κ3) is 4.48. The molecule has 8 heteroatoms. The lowest BCUT2D eigenvalue weighted by atomic mass is 10.3. The van der Waals surface area contributed by atoms with Gasteiger partial charge in [-0.1, -0.05) is 0 Å². The van der Waals surface area contributed by atoms with Gasteiger partial charge in [0.15, 0.2) is 5.76 Å². The van der Waals surface area contributed by atoms with Crippen LogP contribution in [0.1, 0.15) is 17.0 Å². The second-order valence-corrected chi connectivity index (χ2v) is 3.34. The molecule has 0 atom stereocenters. The van der Waals surface area contributed by atoms with Gasteiger partial charge in [0.05, 0.1) is 6.26 Å². The summed E-state index contributed by atoms with van der Waals surface area (Å²) in [6.07, 6.45) is -3.36. The third-order valence-corrected chi connectivity index (χ3v) is 1.93. The summed E-state index contributed by atoms with van der Waals surface area (Å²) in [6, 6.07) is 3.00. The van der Waals surface area contributed by atoms with Crippen molar-refractivity contribution in [3.05, 3.63) is 24.2 Å². The highest BCUT2D eigenvalue weighted by Crippen LogP contribution is 2.13. The van der Waals surface area contributed by atoms with Crippen molar-refractivity contribution in [2.24, 2.45) is 0 Å². The second-order valence-electron chi connectivity index (χ2n) is 3.34. The molecule has 0 saturated heterocycles. The van der Waals surface area contributed by atoms with E-state index in [0.717, 1.165) is 0 Å². The van der Waals surface area contributed by atoms with Crippen LogP contribution in [0, 0.1) is 0 Å². The molecule has 1 aromatic rings. The molecule has 0 radical (unpaired) electrons. The largest absolute Gasteiger partial charge is 0.471 e. The first-order valence-electron chi connectivity index (χ1n) is 5.08. The molecule has 0 saturated carbocycles. The zero-order chi connectivity index (χ0) is 13.6. The Kier molecular flexibility index (Phi) is 4.75. The van der Waals surface area contributed by atoms with Gasteiger partial charge in [-0.25, -0.2) is 0 Å². The standard InChI is InChI=1S/C10H11F3N2O3/c11-10(12,13)9(17)15-5-2-4-14-8(16)7-3-1-6-18-7/h1,3,6H,2,4-5H2,(H,14,16)(H,15,17). The topological polar surface area (TPSA) is 71.3 Å². The average Bonchev–Trinajstić information content (AvgIpc) is 2.80. The van der Waals surface area contributed by atoms with E-state index in [1.165, 1.54) is 12.3 Å². The Balaban J connectivity index is 2.13. The van der Waals surface area contributed by atoms with Gasteiger partial charge in [-0.2, -0.15) is 13.2 Å². The van der Waals surface area contributed by atoms with E-state index in [1.54, 1.807) is 11.4 Å². The molecule has 0 unspecified atom stereocenters. The van der Waals surface area contributed by atoms with Gasteiger partial charge in [-0.3, -0.25) is 9.59 Å². The van der Waals surface area contributed by atoms with E-state index in [0.29, 0.717) is 0 Å². The minimum atomic E-state index is -4.88. The van der Waals surface area contributed by atoms with E-state index in [9.17, 15) is 22.8 Å². The Morgan fingerprint density at radius 2 is 1.89 bits per heavy atom. The first kappa shape index (κ1) is 14.1. The van der Waals surface area contributed by atoms with E-state index < -0.39 is 18.0 Å². The van der Waals surface area contributed by atoms with E-state index in [2.05, 4.69) is 5.32 Å². The summed E-state index contributed by atoms with van der Waals surface area (Å²) in [5.74, 6) is -2.32. The smallest absolute Gasteiger partial charge is 0.459 e. The number of carbonyl (C=O) groups excluding carboxylic acids is 2. The number of halogens is 3. The van der Waals surface area contributed by atoms with Gasteiger partial charge >= 0.3 is 12.1 Å². The maximum absolute atomic E-state index is 11.8. The Morgan fingerprint density at radius 3 is 2.44 bits per heavy atom. The fourth-order valence-electron chi connectivity index (χ4n) is 1.09. The van der Waals surface area contributed by atoms with Gasteiger partial charge in [0.1, 0.15) is 0 Å². The van der Waals surface area contributed by atoms with Crippen molar-refractivity contribution >= 4 is 11.8 Å². The van der Waals surface area contributed by atoms with Crippen LogP contribution >= 0.6 is 0 Å². The molecule has 0 aliphatic rings. The molecule has 0 fully saturated rings. The monoisotopic (exact) mass is 264 g/mol. The van der Waals surface area contributed by atoms with Crippen molar-refractivity contribution in [3.63, 3.8) is 0 Å². The number of furan rings is 1. The van der Waals surface area contributed by atoms with Crippen molar-refractivity contribution in [2.45, 2.75) is 12.6 Å². The highest BCUT2D eigenvalue weighted by molar-refractivity contribution is 5.91. The SMILES string of the molecule is O=C(NCCCNC(=O)C(F)(F)F)c1ccco1. The molecule has 1 aromatic heterocycles. The normalized spacial score (nSPS) is 11.1. The van der Waals surface area contributed by atoms with Gasteiger partial charge < -0.3 is 15.1 Å². The summed E-state index contributed by atoms with van der Waals surface area (Å²) in [5.41, 5.74) is 0. The van der Waals surface area contributed by atoms with E-state index >= 15 is 0 Å². The molecule has 0 spiro atoms. The first-order chi connectivity index (χ1) is 8.41. The van der Waals surface area contributed by atoms with Gasteiger partial charge in [0.25, 0.3) is 5.91 Å². The van der Waals surface area contributed by atoms with Crippen LogP contribution in [0.25, 0.3) is 0 Å². The van der Waals surface area contributed by atoms with E-state index in [-0.39, 0.29) is 25.3 Å². The third-order valence-electron chi connectivity index (χ3n) is 1.93. The summed E-state index contributed by atoms with van der Waals surface area (Å²) >= 11 is 0.